The molecule has 0 radical (unpaired) electrons. The Hall–Kier alpha value is -0.120. The third-order valence-electron chi connectivity index (χ3n) is 3.90. The molecule has 2 unspecified atom stereocenters. The Bertz CT molecular complexity index is 192. The molecule has 0 aromatic carbocycles. The van der Waals surface area contributed by atoms with E-state index in [4.69, 9.17) is 4.74 Å². The zero-order valence-electron chi connectivity index (χ0n) is 10.6. The van der Waals surface area contributed by atoms with Crippen LogP contribution in [0.4, 0.5) is 0 Å². The van der Waals surface area contributed by atoms with Crippen molar-refractivity contribution in [3.8, 4) is 0 Å². The van der Waals surface area contributed by atoms with Crippen LogP contribution in [-0.2, 0) is 4.74 Å². The Balaban J connectivity index is 1.59. The maximum atomic E-state index is 5.77. The molecule has 2 heterocycles. The van der Waals surface area contributed by atoms with Crippen molar-refractivity contribution in [1.82, 2.24) is 10.2 Å². The fourth-order valence-corrected chi connectivity index (χ4v) is 2.93. The maximum Gasteiger partial charge on any atom is 0.0587 e. The van der Waals surface area contributed by atoms with Crippen LogP contribution in [0.2, 0.25) is 0 Å². The Morgan fingerprint density at radius 3 is 3.00 bits per heavy atom. The molecule has 0 saturated carbocycles. The Labute approximate surface area is 99.5 Å². The first-order valence-corrected chi connectivity index (χ1v) is 6.87. The Kier molecular flexibility index (Phi) is 5.07. The number of nitrogens with one attached hydrogen (secondary N) is 1. The van der Waals surface area contributed by atoms with Gasteiger partial charge in [0.1, 0.15) is 0 Å². The molecule has 2 saturated heterocycles. The summed E-state index contributed by atoms with van der Waals surface area (Å²) in [5, 5.41) is 3.28. The first-order valence-electron chi connectivity index (χ1n) is 6.87. The van der Waals surface area contributed by atoms with E-state index in [0.717, 1.165) is 12.5 Å². The van der Waals surface area contributed by atoms with E-state index < -0.39 is 0 Å². The average molecular weight is 226 g/mol. The van der Waals surface area contributed by atoms with E-state index in [2.05, 4.69) is 17.3 Å². The van der Waals surface area contributed by atoms with Crippen molar-refractivity contribution in [2.24, 2.45) is 5.92 Å². The smallest absolute Gasteiger partial charge is 0.0587 e. The van der Waals surface area contributed by atoms with Crippen molar-refractivity contribution < 1.29 is 4.74 Å². The van der Waals surface area contributed by atoms with Crippen LogP contribution in [0.25, 0.3) is 0 Å². The number of hydrogen-bond acceptors (Lipinski definition) is 3. The van der Waals surface area contributed by atoms with Gasteiger partial charge < -0.3 is 15.0 Å². The maximum absolute atomic E-state index is 5.77. The van der Waals surface area contributed by atoms with Crippen molar-refractivity contribution in [2.75, 3.05) is 39.8 Å². The molecular weight excluding hydrogens is 200 g/mol. The lowest BCUT2D eigenvalue weighted by Crippen LogP contribution is -2.29. The first-order chi connectivity index (χ1) is 7.88. The van der Waals surface area contributed by atoms with Gasteiger partial charge in [-0.15, -0.1) is 0 Å². The minimum Gasteiger partial charge on any atom is -0.378 e. The van der Waals surface area contributed by atoms with Gasteiger partial charge in [-0.05, 0) is 58.2 Å². The van der Waals surface area contributed by atoms with E-state index in [1.807, 2.05) is 0 Å². The van der Waals surface area contributed by atoms with Crippen molar-refractivity contribution in [2.45, 2.75) is 38.2 Å². The van der Waals surface area contributed by atoms with Gasteiger partial charge in [0.25, 0.3) is 0 Å². The lowest BCUT2D eigenvalue weighted by Gasteiger charge is -2.25. The molecule has 0 bridgehead atoms. The fraction of sp³-hybridized carbons (Fsp3) is 1.00. The number of rotatable bonds is 5. The van der Waals surface area contributed by atoms with Gasteiger partial charge in [0.2, 0.25) is 0 Å². The number of ether oxygens (including phenoxy) is 1. The predicted molar refractivity (Wildman–Crippen MR) is 66.7 cm³/mol. The second-order valence-electron chi connectivity index (χ2n) is 5.29. The largest absolute Gasteiger partial charge is 0.378 e. The molecule has 2 atom stereocenters. The lowest BCUT2D eigenvalue weighted by atomic mass is 10.1. The normalized spacial score (nSPS) is 32.1. The summed E-state index contributed by atoms with van der Waals surface area (Å²) in [5.41, 5.74) is 0. The standard InChI is InChI=1S/C13H26N2O/c1-14-10-12-5-7-15(11-12)8-6-13-4-2-3-9-16-13/h12-14H,2-11H2,1H3. The van der Waals surface area contributed by atoms with Crippen LogP contribution >= 0.6 is 0 Å². The monoisotopic (exact) mass is 226 g/mol. The molecule has 2 rings (SSSR count). The minimum absolute atomic E-state index is 0.553. The molecule has 2 aliphatic rings. The van der Waals surface area contributed by atoms with Crippen LogP contribution in [0.15, 0.2) is 0 Å². The van der Waals surface area contributed by atoms with E-state index >= 15 is 0 Å². The van der Waals surface area contributed by atoms with E-state index in [0.29, 0.717) is 6.10 Å². The fourth-order valence-electron chi connectivity index (χ4n) is 2.93. The summed E-state index contributed by atoms with van der Waals surface area (Å²) in [6, 6.07) is 0. The van der Waals surface area contributed by atoms with Crippen LogP contribution in [0, 0.1) is 5.92 Å². The first kappa shape index (κ1) is 12.3. The molecule has 0 aromatic rings. The van der Waals surface area contributed by atoms with E-state index in [-0.39, 0.29) is 0 Å². The van der Waals surface area contributed by atoms with Crippen LogP contribution in [0.5, 0.6) is 0 Å². The summed E-state index contributed by atoms with van der Waals surface area (Å²) < 4.78 is 5.77. The van der Waals surface area contributed by atoms with Crippen molar-refractivity contribution in [1.29, 1.82) is 0 Å². The van der Waals surface area contributed by atoms with Gasteiger partial charge >= 0.3 is 0 Å². The molecule has 94 valence electrons. The van der Waals surface area contributed by atoms with Gasteiger partial charge in [0, 0.05) is 19.7 Å². The van der Waals surface area contributed by atoms with Crippen molar-refractivity contribution in [3.63, 3.8) is 0 Å². The molecule has 3 heteroatoms. The van der Waals surface area contributed by atoms with Gasteiger partial charge in [-0.25, -0.2) is 0 Å². The molecule has 0 aliphatic carbocycles. The molecule has 1 N–H and O–H groups in total. The summed E-state index contributed by atoms with van der Waals surface area (Å²) in [4.78, 5) is 2.61. The Morgan fingerprint density at radius 1 is 1.31 bits per heavy atom. The van der Waals surface area contributed by atoms with Crippen LogP contribution in [-0.4, -0.2) is 50.8 Å². The quantitative estimate of drug-likeness (QED) is 0.768. The van der Waals surface area contributed by atoms with Crippen molar-refractivity contribution in [3.05, 3.63) is 0 Å². The van der Waals surface area contributed by atoms with E-state index in [1.54, 1.807) is 0 Å². The molecule has 3 nitrogen and oxygen atoms in total. The van der Waals surface area contributed by atoms with Gasteiger partial charge in [-0.1, -0.05) is 0 Å². The summed E-state index contributed by atoms with van der Waals surface area (Å²) in [6.07, 6.45) is 7.08. The van der Waals surface area contributed by atoms with Crippen LogP contribution in [0.1, 0.15) is 32.1 Å². The zero-order valence-corrected chi connectivity index (χ0v) is 10.6. The highest BCUT2D eigenvalue weighted by atomic mass is 16.5. The molecule has 0 spiro atoms. The molecule has 2 fully saturated rings. The molecule has 0 amide bonds. The summed E-state index contributed by atoms with van der Waals surface area (Å²) >= 11 is 0. The lowest BCUT2D eigenvalue weighted by molar-refractivity contribution is 0.00649. The molecule has 0 aromatic heterocycles. The van der Waals surface area contributed by atoms with Gasteiger partial charge in [0.05, 0.1) is 6.10 Å². The van der Waals surface area contributed by atoms with Gasteiger partial charge in [-0.2, -0.15) is 0 Å². The zero-order chi connectivity index (χ0) is 11.2. The summed E-state index contributed by atoms with van der Waals surface area (Å²) in [7, 11) is 2.05. The summed E-state index contributed by atoms with van der Waals surface area (Å²) in [5.74, 6) is 0.872. The number of likely N-dealkylation sites (tertiary alicyclic amines) is 1. The van der Waals surface area contributed by atoms with E-state index in [9.17, 15) is 0 Å². The summed E-state index contributed by atoms with van der Waals surface area (Å²) in [6.45, 7) is 5.99. The third-order valence-corrected chi connectivity index (χ3v) is 3.90. The Morgan fingerprint density at radius 2 is 2.25 bits per heavy atom. The second kappa shape index (κ2) is 6.58. The van der Waals surface area contributed by atoms with Gasteiger partial charge in [-0.3, -0.25) is 0 Å². The number of hydrogen-bond donors (Lipinski definition) is 1. The van der Waals surface area contributed by atoms with Crippen LogP contribution < -0.4 is 5.32 Å². The van der Waals surface area contributed by atoms with Crippen LogP contribution in [0.3, 0.4) is 0 Å². The minimum atomic E-state index is 0.553. The highest BCUT2D eigenvalue weighted by Crippen LogP contribution is 2.19. The highest BCUT2D eigenvalue weighted by Gasteiger charge is 2.22. The molecular formula is C13H26N2O. The van der Waals surface area contributed by atoms with E-state index in [1.165, 1.54) is 58.3 Å². The second-order valence-corrected chi connectivity index (χ2v) is 5.29. The van der Waals surface area contributed by atoms with Crippen molar-refractivity contribution >= 4 is 0 Å². The number of nitrogens with zero attached hydrogens (tertiary/aromatic N) is 1. The third kappa shape index (κ3) is 3.72. The SMILES string of the molecule is CNCC1CCN(CCC2CCCCO2)C1. The predicted octanol–water partition coefficient (Wildman–Crippen LogP) is 1.49. The average Bonchev–Trinajstić information content (AvgIpc) is 2.76. The molecule has 2 aliphatic heterocycles. The van der Waals surface area contributed by atoms with Gasteiger partial charge in [0.15, 0.2) is 0 Å². The highest BCUT2D eigenvalue weighted by molar-refractivity contribution is 4.77. The topological polar surface area (TPSA) is 24.5 Å². The molecule has 16 heavy (non-hydrogen) atoms.